The second-order valence-corrected chi connectivity index (χ2v) is 5.97. The molecule has 0 unspecified atom stereocenters. The van der Waals surface area contributed by atoms with Gasteiger partial charge in [-0.1, -0.05) is 60.7 Å². The number of hydrogen-bond donors (Lipinski definition) is 3. The van der Waals surface area contributed by atoms with Gasteiger partial charge in [0.2, 0.25) is 0 Å². The fraction of sp³-hybridized carbons (Fsp3) is 0.400. The van der Waals surface area contributed by atoms with E-state index in [1.54, 1.807) is 0 Å². The highest BCUT2D eigenvalue weighted by Crippen LogP contribution is 1.99. The Kier molecular flexibility index (Phi) is 8.41. The zero-order chi connectivity index (χ0) is 16.2. The van der Waals surface area contributed by atoms with E-state index >= 15 is 0 Å². The van der Waals surface area contributed by atoms with Crippen LogP contribution in [0.15, 0.2) is 60.7 Å². The molecule has 0 aliphatic heterocycles. The zero-order valence-electron chi connectivity index (χ0n) is 13.9. The molecule has 0 saturated carbocycles. The van der Waals surface area contributed by atoms with Crippen LogP contribution in [0.4, 0.5) is 0 Å². The van der Waals surface area contributed by atoms with Gasteiger partial charge in [-0.25, -0.2) is 0 Å². The topological polar surface area (TPSA) is 50.1 Å². The van der Waals surface area contributed by atoms with Crippen LogP contribution in [-0.2, 0) is 12.8 Å². The molecule has 0 aliphatic rings. The predicted octanol–water partition coefficient (Wildman–Crippen LogP) is 2.37. The van der Waals surface area contributed by atoms with E-state index in [4.69, 9.17) is 5.73 Å². The summed E-state index contributed by atoms with van der Waals surface area (Å²) in [6.07, 6.45) is 3.14. The lowest BCUT2D eigenvalue weighted by molar-refractivity contribution is 0.521. The molecule has 0 amide bonds. The fourth-order valence-electron chi connectivity index (χ4n) is 2.56. The second kappa shape index (κ2) is 10.9. The maximum atomic E-state index is 6.14. The molecule has 4 N–H and O–H groups in total. The summed E-state index contributed by atoms with van der Waals surface area (Å²) in [6, 6.07) is 21.3. The van der Waals surface area contributed by atoms with Gasteiger partial charge in [0.25, 0.3) is 0 Å². The van der Waals surface area contributed by atoms with E-state index in [0.29, 0.717) is 0 Å². The van der Waals surface area contributed by atoms with Crippen molar-refractivity contribution in [1.82, 2.24) is 10.6 Å². The monoisotopic (exact) mass is 311 g/mol. The molecule has 0 heterocycles. The lowest BCUT2D eigenvalue weighted by atomic mass is 10.1. The summed E-state index contributed by atoms with van der Waals surface area (Å²) in [7, 11) is 0. The number of rotatable bonds is 11. The van der Waals surface area contributed by atoms with E-state index in [1.165, 1.54) is 11.1 Å². The van der Waals surface area contributed by atoms with Gasteiger partial charge in [-0.05, 0) is 50.0 Å². The minimum atomic E-state index is 0.218. The molecule has 0 aromatic heterocycles. The average molecular weight is 311 g/mol. The van der Waals surface area contributed by atoms with E-state index in [1.807, 2.05) is 0 Å². The van der Waals surface area contributed by atoms with Crippen LogP contribution in [0, 0.1) is 0 Å². The Morgan fingerprint density at radius 1 is 0.696 bits per heavy atom. The summed E-state index contributed by atoms with van der Waals surface area (Å²) in [5, 5.41) is 6.92. The number of hydrogen-bond acceptors (Lipinski definition) is 3. The van der Waals surface area contributed by atoms with Crippen LogP contribution in [0.1, 0.15) is 17.5 Å². The van der Waals surface area contributed by atoms with Gasteiger partial charge in [0.05, 0.1) is 0 Å². The van der Waals surface area contributed by atoms with Gasteiger partial charge in [-0.2, -0.15) is 0 Å². The lowest BCUT2D eigenvalue weighted by Gasteiger charge is -2.13. The molecule has 2 rings (SSSR count). The highest BCUT2D eigenvalue weighted by Gasteiger charge is 2.01. The average Bonchev–Trinajstić information content (AvgIpc) is 2.60. The Morgan fingerprint density at radius 2 is 1.22 bits per heavy atom. The van der Waals surface area contributed by atoms with E-state index in [9.17, 15) is 0 Å². The fourth-order valence-corrected chi connectivity index (χ4v) is 2.56. The zero-order valence-corrected chi connectivity index (χ0v) is 13.9. The first-order valence-electron chi connectivity index (χ1n) is 8.59. The van der Waals surface area contributed by atoms with Crippen molar-refractivity contribution in [2.45, 2.75) is 25.3 Å². The molecule has 1 atom stereocenters. The first-order valence-corrected chi connectivity index (χ1v) is 8.59. The van der Waals surface area contributed by atoms with Crippen LogP contribution < -0.4 is 16.4 Å². The highest BCUT2D eigenvalue weighted by molar-refractivity contribution is 5.15. The standard InChI is InChI=1S/C20H29N3/c21-20(17-23-15-12-19-9-5-2-6-10-19)13-16-22-14-11-18-7-3-1-4-8-18/h1-10,20,22-23H,11-17,21H2/t20-/m1/s1. The Labute approximate surface area is 140 Å². The molecular formula is C20H29N3. The molecule has 3 heteroatoms. The summed E-state index contributed by atoms with van der Waals surface area (Å²) in [5.74, 6) is 0. The second-order valence-electron chi connectivity index (χ2n) is 5.97. The van der Waals surface area contributed by atoms with Crippen LogP contribution >= 0.6 is 0 Å². The van der Waals surface area contributed by atoms with Crippen molar-refractivity contribution >= 4 is 0 Å². The molecule has 0 saturated heterocycles. The number of nitrogens with one attached hydrogen (secondary N) is 2. The predicted molar refractivity (Wildman–Crippen MR) is 98.6 cm³/mol. The van der Waals surface area contributed by atoms with Crippen molar-refractivity contribution in [2.75, 3.05) is 26.2 Å². The van der Waals surface area contributed by atoms with Crippen molar-refractivity contribution < 1.29 is 0 Å². The van der Waals surface area contributed by atoms with Crippen molar-refractivity contribution in [3.8, 4) is 0 Å². The smallest absolute Gasteiger partial charge is 0.0177 e. The first-order chi connectivity index (χ1) is 11.3. The van der Waals surface area contributed by atoms with Gasteiger partial charge < -0.3 is 16.4 Å². The van der Waals surface area contributed by atoms with Crippen LogP contribution in [0.2, 0.25) is 0 Å². The summed E-state index contributed by atoms with van der Waals surface area (Å²) in [6.45, 7) is 3.86. The van der Waals surface area contributed by atoms with Gasteiger partial charge >= 0.3 is 0 Å². The van der Waals surface area contributed by atoms with Gasteiger partial charge in [-0.15, -0.1) is 0 Å². The molecule has 0 bridgehead atoms. The van der Waals surface area contributed by atoms with E-state index < -0.39 is 0 Å². The molecule has 0 spiro atoms. The maximum absolute atomic E-state index is 6.14. The summed E-state index contributed by atoms with van der Waals surface area (Å²) < 4.78 is 0. The molecule has 0 fully saturated rings. The van der Waals surface area contributed by atoms with Gasteiger partial charge in [0.1, 0.15) is 0 Å². The molecule has 0 radical (unpaired) electrons. The number of nitrogens with two attached hydrogens (primary N) is 1. The van der Waals surface area contributed by atoms with Crippen molar-refractivity contribution in [2.24, 2.45) is 5.73 Å². The van der Waals surface area contributed by atoms with Crippen molar-refractivity contribution in [3.05, 3.63) is 71.8 Å². The largest absolute Gasteiger partial charge is 0.327 e. The summed E-state index contributed by atoms with van der Waals surface area (Å²) >= 11 is 0. The van der Waals surface area contributed by atoms with Crippen LogP contribution in [0.3, 0.4) is 0 Å². The molecule has 23 heavy (non-hydrogen) atoms. The van der Waals surface area contributed by atoms with Gasteiger partial charge in [0, 0.05) is 12.6 Å². The highest BCUT2D eigenvalue weighted by atomic mass is 14.9. The Bertz CT molecular complexity index is 513. The quantitative estimate of drug-likeness (QED) is 0.558. The lowest BCUT2D eigenvalue weighted by Crippen LogP contribution is -2.37. The Morgan fingerprint density at radius 3 is 1.78 bits per heavy atom. The van der Waals surface area contributed by atoms with Crippen LogP contribution in [0.5, 0.6) is 0 Å². The summed E-state index contributed by atoms with van der Waals surface area (Å²) in [4.78, 5) is 0. The van der Waals surface area contributed by atoms with E-state index in [2.05, 4.69) is 71.3 Å². The SMILES string of the molecule is N[C@H](CCNCCc1ccccc1)CNCCc1ccccc1. The number of benzene rings is 2. The van der Waals surface area contributed by atoms with Crippen molar-refractivity contribution in [1.29, 1.82) is 0 Å². The van der Waals surface area contributed by atoms with E-state index in [-0.39, 0.29) is 6.04 Å². The first kappa shape index (κ1) is 17.7. The molecule has 0 aliphatic carbocycles. The van der Waals surface area contributed by atoms with Gasteiger partial charge in [-0.3, -0.25) is 0 Å². The summed E-state index contributed by atoms with van der Waals surface area (Å²) in [5.41, 5.74) is 8.90. The normalized spacial score (nSPS) is 12.2. The Balaban J connectivity index is 1.45. The maximum Gasteiger partial charge on any atom is 0.0177 e. The minimum Gasteiger partial charge on any atom is -0.327 e. The van der Waals surface area contributed by atoms with Gasteiger partial charge in [0.15, 0.2) is 0 Å². The van der Waals surface area contributed by atoms with Crippen LogP contribution in [-0.4, -0.2) is 32.2 Å². The molecule has 2 aromatic rings. The molecule has 3 nitrogen and oxygen atoms in total. The van der Waals surface area contributed by atoms with E-state index in [0.717, 1.165) is 45.4 Å². The third-order valence-electron chi connectivity index (χ3n) is 3.96. The van der Waals surface area contributed by atoms with Crippen LogP contribution in [0.25, 0.3) is 0 Å². The molecular weight excluding hydrogens is 282 g/mol. The molecule has 2 aromatic carbocycles. The third-order valence-corrected chi connectivity index (χ3v) is 3.96. The minimum absolute atomic E-state index is 0.218. The van der Waals surface area contributed by atoms with Crippen molar-refractivity contribution in [3.63, 3.8) is 0 Å². The Hall–Kier alpha value is -1.68. The third kappa shape index (κ3) is 7.93. The molecule has 124 valence electrons.